The quantitative estimate of drug-likeness (QED) is 0.157. The highest BCUT2D eigenvalue weighted by atomic mass is 32.1. The van der Waals surface area contributed by atoms with Crippen LogP contribution in [-0.2, 0) is 15.0 Å². The number of ketones is 1. The van der Waals surface area contributed by atoms with Crippen molar-refractivity contribution in [2.45, 2.75) is 46.1 Å². The first-order valence-electron chi connectivity index (χ1n) is 13.1. The first-order chi connectivity index (χ1) is 19.0. The maximum atomic E-state index is 13.7. The van der Waals surface area contributed by atoms with Crippen LogP contribution in [0.1, 0.15) is 56.0 Å². The molecule has 8 heteroatoms. The molecule has 1 aromatic heterocycles. The van der Waals surface area contributed by atoms with Crippen LogP contribution in [0.25, 0.3) is 16.0 Å². The number of aromatic nitrogens is 1. The van der Waals surface area contributed by atoms with Crippen LogP contribution >= 0.6 is 11.3 Å². The Balaban J connectivity index is 1.73. The summed E-state index contributed by atoms with van der Waals surface area (Å²) in [6.45, 7) is 10.6. The van der Waals surface area contributed by atoms with Gasteiger partial charge in [-0.1, -0.05) is 50.3 Å². The van der Waals surface area contributed by atoms with Gasteiger partial charge in [-0.3, -0.25) is 14.5 Å². The number of rotatable bonds is 6. The lowest BCUT2D eigenvalue weighted by atomic mass is 9.84. The van der Waals surface area contributed by atoms with Crippen molar-refractivity contribution in [1.29, 1.82) is 0 Å². The average molecular weight is 557 g/mol. The number of anilines is 1. The second-order valence-electron chi connectivity index (χ2n) is 10.8. The third kappa shape index (κ3) is 4.84. The average Bonchev–Trinajstić information content (AvgIpc) is 3.45. The minimum absolute atomic E-state index is 0.00212. The molecule has 4 aromatic rings. The summed E-state index contributed by atoms with van der Waals surface area (Å²) >= 11 is 1.34. The van der Waals surface area contributed by atoms with Crippen molar-refractivity contribution in [3.8, 4) is 11.5 Å². The van der Waals surface area contributed by atoms with Crippen LogP contribution in [0.2, 0.25) is 0 Å². The molecule has 2 heterocycles. The number of hydrogen-bond donors (Lipinski definition) is 1. The van der Waals surface area contributed by atoms with Crippen LogP contribution in [0.5, 0.6) is 11.5 Å². The number of carbonyl (C=O) groups excluding carboxylic acids is 2. The van der Waals surface area contributed by atoms with E-state index in [4.69, 9.17) is 14.5 Å². The minimum atomic E-state index is -0.901. The van der Waals surface area contributed by atoms with E-state index >= 15 is 0 Å². The van der Waals surface area contributed by atoms with E-state index in [9.17, 15) is 14.7 Å². The first kappa shape index (κ1) is 27.4. The van der Waals surface area contributed by atoms with Gasteiger partial charge in [0.15, 0.2) is 5.13 Å². The number of aryl methyl sites for hydroxylation is 1. The summed E-state index contributed by atoms with van der Waals surface area (Å²) in [6, 6.07) is 17.5. The fourth-order valence-corrected chi connectivity index (χ4v) is 6.07. The van der Waals surface area contributed by atoms with E-state index < -0.39 is 17.7 Å². The van der Waals surface area contributed by atoms with Gasteiger partial charge in [-0.15, -0.1) is 0 Å². The maximum Gasteiger partial charge on any atom is 0.301 e. The molecule has 0 radical (unpaired) electrons. The molecule has 5 rings (SSSR count). The maximum absolute atomic E-state index is 13.7. The second kappa shape index (κ2) is 10.4. The molecule has 0 spiro atoms. The molecular weight excluding hydrogens is 524 g/mol. The lowest BCUT2D eigenvalue weighted by Gasteiger charge is -2.25. The highest BCUT2D eigenvalue weighted by Crippen LogP contribution is 2.45. The Bertz CT molecular complexity index is 1660. The topological polar surface area (TPSA) is 89.0 Å². The Hall–Kier alpha value is -4.17. The molecule has 1 amide bonds. The van der Waals surface area contributed by atoms with E-state index in [0.29, 0.717) is 34.4 Å². The number of amides is 1. The summed E-state index contributed by atoms with van der Waals surface area (Å²) in [7, 11) is 1.56. The highest BCUT2D eigenvalue weighted by Gasteiger charge is 2.48. The van der Waals surface area contributed by atoms with Gasteiger partial charge in [0.05, 0.1) is 35.5 Å². The molecule has 1 aliphatic rings. The third-order valence-corrected chi connectivity index (χ3v) is 7.97. The molecule has 1 atom stereocenters. The number of benzene rings is 3. The van der Waals surface area contributed by atoms with Gasteiger partial charge in [-0.05, 0) is 72.9 Å². The zero-order valence-corrected chi connectivity index (χ0v) is 24.3. The largest absolute Gasteiger partial charge is 0.507 e. The van der Waals surface area contributed by atoms with Crippen molar-refractivity contribution < 1.29 is 24.2 Å². The number of hydrogen-bond acceptors (Lipinski definition) is 7. The molecule has 7 nitrogen and oxygen atoms in total. The Morgan fingerprint density at radius 2 is 1.85 bits per heavy atom. The number of carbonyl (C=O) groups is 2. The number of Topliss-reactive ketones (excluding diaryl/α,β-unsaturated/α-hetero) is 1. The molecule has 1 saturated heterocycles. The van der Waals surface area contributed by atoms with Crippen LogP contribution in [0.4, 0.5) is 5.13 Å². The van der Waals surface area contributed by atoms with Gasteiger partial charge in [0.2, 0.25) is 0 Å². The number of thiazole rings is 1. The number of nitrogens with zero attached hydrogens (tertiary/aromatic N) is 2. The molecule has 0 saturated carbocycles. The van der Waals surface area contributed by atoms with Crippen molar-refractivity contribution in [2.75, 3.05) is 18.6 Å². The Kier molecular flexibility index (Phi) is 7.14. The number of ether oxygens (including phenoxy) is 2. The molecule has 0 bridgehead atoms. The Morgan fingerprint density at radius 1 is 1.07 bits per heavy atom. The Morgan fingerprint density at radius 3 is 2.55 bits per heavy atom. The van der Waals surface area contributed by atoms with E-state index in [1.54, 1.807) is 37.4 Å². The smallest absolute Gasteiger partial charge is 0.301 e. The van der Waals surface area contributed by atoms with Crippen LogP contribution in [0.3, 0.4) is 0 Å². The normalized spacial score (nSPS) is 17.1. The summed E-state index contributed by atoms with van der Waals surface area (Å²) in [4.78, 5) is 33.4. The number of fused-ring (bicyclic) bond motifs is 1. The van der Waals surface area contributed by atoms with Crippen molar-refractivity contribution in [3.05, 3.63) is 88.5 Å². The minimum Gasteiger partial charge on any atom is -0.507 e. The van der Waals surface area contributed by atoms with Crippen LogP contribution in [0.15, 0.2) is 66.2 Å². The van der Waals surface area contributed by atoms with Crippen molar-refractivity contribution >= 4 is 44.1 Å². The van der Waals surface area contributed by atoms with E-state index in [2.05, 4.69) is 20.8 Å². The molecule has 206 valence electrons. The van der Waals surface area contributed by atoms with E-state index in [1.807, 2.05) is 44.2 Å². The van der Waals surface area contributed by atoms with E-state index in [1.165, 1.54) is 16.2 Å². The molecule has 1 aliphatic heterocycles. The summed E-state index contributed by atoms with van der Waals surface area (Å²) < 4.78 is 12.2. The first-order valence-corrected chi connectivity index (χ1v) is 13.9. The van der Waals surface area contributed by atoms with E-state index in [0.717, 1.165) is 21.3 Å². The van der Waals surface area contributed by atoms with E-state index in [-0.39, 0.29) is 16.7 Å². The highest BCUT2D eigenvalue weighted by molar-refractivity contribution is 7.22. The van der Waals surface area contributed by atoms with Gasteiger partial charge < -0.3 is 14.6 Å². The number of aliphatic hydroxyl groups is 1. The number of aliphatic hydroxyl groups excluding tert-OH is 1. The molecule has 1 unspecified atom stereocenters. The van der Waals surface area contributed by atoms with Gasteiger partial charge in [0.25, 0.3) is 5.78 Å². The molecule has 1 N–H and O–H groups in total. The zero-order valence-electron chi connectivity index (χ0n) is 23.4. The predicted octanol–water partition coefficient (Wildman–Crippen LogP) is 6.94. The molecule has 0 aliphatic carbocycles. The van der Waals surface area contributed by atoms with Gasteiger partial charge >= 0.3 is 5.91 Å². The fraction of sp³-hybridized carbons (Fsp3) is 0.281. The summed E-state index contributed by atoms with van der Waals surface area (Å²) in [5, 5.41) is 12.1. The fourth-order valence-electron chi connectivity index (χ4n) is 4.98. The number of methoxy groups -OCH3 is 1. The SMILES string of the molecule is CCOc1ccc(/C(O)=C2\C(=O)C(=O)N(c3nc4ccc(C)cc4s3)C2c2cccc(OC)c2)cc1C(C)(C)C. The standard InChI is InChI=1S/C32H32N2O5S/c1-7-39-24-14-12-20(17-22(24)32(3,4)5)28(35)26-27(19-9-8-10-21(16-19)38-6)34(30(37)29(26)36)31-33-23-13-11-18(2)15-25(23)40-31/h8-17,27,35H,7H2,1-6H3/b28-26+. The monoisotopic (exact) mass is 556 g/mol. The lowest BCUT2D eigenvalue weighted by molar-refractivity contribution is -0.132. The summed E-state index contributed by atoms with van der Waals surface area (Å²) in [6.07, 6.45) is 0. The Labute approximate surface area is 237 Å². The van der Waals surface area contributed by atoms with Crippen molar-refractivity contribution in [3.63, 3.8) is 0 Å². The lowest BCUT2D eigenvalue weighted by Crippen LogP contribution is -2.29. The van der Waals surface area contributed by atoms with Crippen LogP contribution in [0, 0.1) is 6.92 Å². The predicted molar refractivity (Wildman–Crippen MR) is 158 cm³/mol. The molecule has 1 fully saturated rings. The van der Waals surface area contributed by atoms with Crippen LogP contribution < -0.4 is 14.4 Å². The van der Waals surface area contributed by atoms with Gasteiger partial charge in [0.1, 0.15) is 17.3 Å². The zero-order chi connectivity index (χ0) is 28.8. The molecule has 40 heavy (non-hydrogen) atoms. The van der Waals surface area contributed by atoms with Crippen molar-refractivity contribution in [2.24, 2.45) is 0 Å². The molecule has 3 aromatic carbocycles. The van der Waals surface area contributed by atoms with Crippen LogP contribution in [-0.4, -0.2) is 35.5 Å². The van der Waals surface area contributed by atoms with Gasteiger partial charge in [-0.2, -0.15) is 0 Å². The van der Waals surface area contributed by atoms with Gasteiger partial charge in [-0.25, -0.2) is 4.98 Å². The molecular formula is C32H32N2O5S. The van der Waals surface area contributed by atoms with Gasteiger partial charge in [0, 0.05) is 11.1 Å². The third-order valence-electron chi connectivity index (χ3n) is 6.95. The summed E-state index contributed by atoms with van der Waals surface area (Å²) in [5.41, 5.74) is 3.44. The second-order valence-corrected chi connectivity index (χ2v) is 11.8. The van der Waals surface area contributed by atoms with Crippen molar-refractivity contribution in [1.82, 2.24) is 4.98 Å². The summed E-state index contributed by atoms with van der Waals surface area (Å²) in [5.74, 6) is -0.488.